The lowest BCUT2D eigenvalue weighted by Gasteiger charge is -2.20. The van der Waals surface area contributed by atoms with Crippen molar-refractivity contribution in [2.75, 3.05) is 13.1 Å². The fourth-order valence-corrected chi connectivity index (χ4v) is 4.34. The quantitative estimate of drug-likeness (QED) is 0.651. The Kier molecular flexibility index (Phi) is 6.42. The molecule has 0 bridgehead atoms. The van der Waals surface area contributed by atoms with Gasteiger partial charge in [0, 0.05) is 29.9 Å². The van der Waals surface area contributed by atoms with Crippen molar-refractivity contribution in [2.24, 2.45) is 5.92 Å². The number of carbonyl (C=O) groups excluding carboxylic acids is 2. The normalized spacial score (nSPS) is 17.0. The van der Waals surface area contributed by atoms with Gasteiger partial charge in [-0.3, -0.25) is 9.59 Å². The van der Waals surface area contributed by atoms with Crippen LogP contribution in [0.1, 0.15) is 72.5 Å². The zero-order valence-corrected chi connectivity index (χ0v) is 18.2. The Balaban J connectivity index is 1.37. The topological polar surface area (TPSA) is 76.0 Å². The molecule has 4 rings (SSSR count). The molecule has 2 aliphatic rings. The standard InChI is InChI=1S/C23H29ClN4O2/c1-15-7-10-18(13-20(15)24)28-21(16-8-9-16)19(14-27-28)23(30)26-12-11-25-22(29)17-5-3-2-4-6-17/h7,10,13-14,16-17H,2-6,8-9,11-12H2,1H3,(H,25,29)(H,26,30). The summed E-state index contributed by atoms with van der Waals surface area (Å²) in [5, 5.41) is 11.1. The van der Waals surface area contributed by atoms with Crippen LogP contribution in [0.4, 0.5) is 0 Å². The molecule has 1 heterocycles. The molecule has 1 aromatic carbocycles. The van der Waals surface area contributed by atoms with Gasteiger partial charge in [-0.25, -0.2) is 4.68 Å². The number of rotatable bonds is 7. The molecular formula is C23H29ClN4O2. The fraction of sp³-hybridized carbons (Fsp3) is 0.522. The molecule has 6 nitrogen and oxygen atoms in total. The number of aryl methyl sites for hydroxylation is 1. The fourth-order valence-electron chi connectivity index (χ4n) is 4.17. The highest BCUT2D eigenvalue weighted by molar-refractivity contribution is 6.31. The highest BCUT2D eigenvalue weighted by atomic mass is 35.5. The number of halogens is 1. The number of nitrogens with one attached hydrogen (secondary N) is 2. The molecule has 1 aromatic heterocycles. The summed E-state index contributed by atoms with van der Waals surface area (Å²) in [5.74, 6) is 0.454. The van der Waals surface area contributed by atoms with Gasteiger partial charge in [0.25, 0.3) is 5.91 Å². The second kappa shape index (κ2) is 9.21. The molecule has 2 aromatic rings. The van der Waals surface area contributed by atoms with E-state index in [0.717, 1.165) is 55.5 Å². The van der Waals surface area contributed by atoms with Crippen LogP contribution >= 0.6 is 11.6 Å². The van der Waals surface area contributed by atoms with Gasteiger partial charge in [0.05, 0.1) is 23.1 Å². The summed E-state index contributed by atoms with van der Waals surface area (Å²) in [4.78, 5) is 25.0. The summed E-state index contributed by atoms with van der Waals surface area (Å²) < 4.78 is 1.84. The molecular weight excluding hydrogens is 400 g/mol. The number of amides is 2. The molecule has 30 heavy (non-hydrogen) atoms. The Morgan fingerprint density at radius 1 is 1.10 bits per heavy atom. The van der Waals surface area contributed by atoms with Crippen molar-refractivity contribution in [3.05, 3.63) is 46.2 Å². The number of hydrogen-bond acceptors (Lipinski definition) is 3. The SMILES string of the molecule is Cc1ccc(-n2ncc(C(=O)NCCNC(=O)C3CCCCC3)c2C2CC2)cc1Cl. The van der Waals surface area contributed by atoms with Crippen LogP contribution in [0.2, 0.25) is 5.02 Å². The maximum atomic E-state index is 12.8. The van der Waals surface area contributed by atoms with E-state index in [0.29, 0.717) is 29.6 Å². The van der Waals surface area contributed by atoms with E-state index in [1.165, 1.54) is 6.42 Å². The van der Waals surface area contributed by atoms with Crippen LogP contribution in [0.3, 0.4) is 0 Å². The van der Waals surface area contributed by atoms with Crippen LogP contribution < -0.4 is 10.6 Å². The van der Waals surface area contributed by atoms with E-state index in [4.69, 9.17) is 11.6 Å². The van der Waals surface area contributed by atoms with Gasteiger partial charge in [0.2, 0.25) is 5.91 Å². The Hall–Kier alpha value is -2.34. The van der Waals surface area contributed by atoms with E-state index in [9.17, 15) is 9.59 Å². The zero-order chi connectivity index (χ0) is 21.1. The summed E-state index contributed by atoms with van der Waals surface area (Å²) in [7, 11) is 0. The third-order valence-corrected chi connectivity index (χ3v) is 6.51. The third kappa shape index (κ3) is 4.69. The van der Waals surface area contributed by atoms with E-state index < -0.39 is 0 Å². The molecule has 2 fully saturated rings. The Labute approximate surface area is 182 Å². The lowest BCUT2D eigenvalue weighted by Crippen LogP contribution is -2.38. The van der Waals surface area contributed by atoms with Crippen LogP contribution in [-0.4, -0.2) is 34.7 Å². The van der Waals surface area contributed by atoms with Crippen molar-refractivity contribution < 1.29 is 9.59 Å². The average molecular weight is 429 g/mol. The smallest absolute Gasteiger partial charge is 0.254 e. The zero-order valence-electron chi connectivity index (χ0n) is 17.4. The molecule has 7 heteroatoms. The van der Waals surface area contributed by atoms with Gasteiger partial charge in [-0.05, 0) is 50.3 Å². The molecule has 0 radical (unpaired) electrons. The van der Waals surface area contributed by atoms with Crippen molar-refractivity contribution in [3.8, 4) is 5.69 Å². The van der Waals surface area contributed by atoms with Gasteiger partial charge in [0.15, 0.2) is 0 Å². The van der Waals surface area contributed by atoms with Crippen LogP contribution in [-0.2, 0) is 4.79 Å². The van der Waals surface area contributed by atoms with E-state index in [1.807, 2.05) is 29.8 Å². The number of nitrogens with zero attached hydrogens (tertiary/aromatic N) is 2. The van der Waals surface area contributed by atoms with Gasteiger partial charge in [0.1, 0.15) is 0 Å². The maximum absolute atomic E-state index is 12.8. The first-order valence-corrected chi connectivity index (χ1v) is 11.3. The Morgan fingerprint density at radius 2 is 1.83 bits per heavy atom. The molecule has 0 atom stereocenters. The second-order valence-corrected chi connectivity index (χ2v) is 8.85. The number of aromatic nitrogens is 2. The minimum Gasteiger partial charge on any atom is -0.354 e. The maximum Gasteiger partial charge on any atom is 0.254 e. The van der Waals surface area contributed by atoms with E-state index in [1.54, 1.807) is 6.20 Å². The third-order valence-electron chi connectivity index (χ3n) is 6.10. The summed E-state index contributed by atoms with van der Waals surface area (Å²) in [6.07, 6.45) is 9.20. The summed E-state index contributed by atoms with van der Waals surface area (Å²) in [5.41, 5.74) is 3.42. The van der Waals surface area contributed by atoms with Gasteiger partial charge >= 0.3 is 0 Å². The van der Waals surface area contributed by atoms with Gasteiger partial charge in [-0.2, -0.15) is 5.10 Å². The molecule has 160 valence electrons. The van der Waals surface area contributed by atoms with Crippen molar-refractivity contribution in [3.63, 3.8) is 0 Å². The molecule has 0 unspecified atom stereocenters. The number of carbonyl (C=O) groups is 2. The van der Waals surface area contributed by atoms with Crippen LogP contribution in [0.5, 0.6) is 0 Å². The second-order valence-electron chi connectivity index (χ2n) is 8.44. The molecule has 2 amide bonds. The molecule has 0 saturated heterocycles. The molecule has 0 aliphatic heterocycles. The van der Waals surface area contributed by atoms with E-state index >= 15 is 0 Å². The van der Waals surface area contributed by atoms with Gasteiger partial charge in [-0.1, -0.05) is 36.9 Å². The number of benzene rings is 1. The molecule has 2 N–H and O–H groups in total. The van der Waals surface area contributed by atoms with Crippen LogP contribution in [0.15, 0.2) is 24.4 Å². The summed E-state index contributed by atoms with van der Waals surface area (Å²) in [6, 6.07) is 5.82. The van der Waals surface area contributed by atoms with E-state index in [2.05, 4.69) is 15.7 Å². The largest absolute Gasteiger partial charge is 0.354 e. The highest BCUT2D eigenvalue weighted by Gasteiger charge is 2.33. The van der Waals surface area contributed by atoms with E-state index in [-0.39, 0.29) is 17.7 Å². The molecule has 0 spiro atoms. The average Bonchev–Trinajstić information content (AvgIpc) is 3.51. The minimum absolute atomic E-state index is 0.117. The summed E-state index contributed by atoms with van der Waals surface area (Å²) >= 11 is 6.29. The molecule has 2 aliphatic carbocycles. The Morgan fingerprint density at radius 3 is 2.53 bits per heavy atom. The van der Waals surface area contributed by atoms with Crippen molar-refractivity contribution in [2.45, 2.75) is 57.8 Å². The van der Waals surface area contributed by atoms with Crippen LogP contribution in [0, 0.1) is 12.8 Å². The van der Waals surface area contributed by atoms with Crippen molar-refractivity contribution in [1.29, 1.82) is 0 Å². The predicted octanol–water partition coefficient (Wildman–Crippen LogP) is 4.14. The lowest BCUT2D eigenvalue weighted by atomic mass is 9.89. The number of hydrogen-bond donors (Lipinski definition) is 2. The Bertz CT molecular complexity index is 929. The highest BCUT2D eigenvalue weighted by Crippen LogP contribution is 2.42. The monoisotopic (exact) mass is 428 g/mol. The lowest BCUT2D eigenvalue weighted by molar-refractivity contribution is -0.125. The minimum atomic E-state index is -0.145. The summed E-state index contributed by atoms with van der Waals surface area (Å²) in [6.45, 7) is 2.81. The van der Waals surface area contributed by atoms with Gasteiger partial charge in [-0.15, -0.1) is 0 Å². The molecule has 2 saturated carbocycles. The van der Waals surface area contributed by atoms with Crippen molar-refractivity contribution in [1.82, 2.24) is 20.4 Å². The first-order chi connectivity index (χ1) is 14.5. The van der Waals surface area contributed by atoms with Crippen molar-refractivity contribution >= 4 is 23.4 Å². The van der Waals surface area contributed by atoms with Gasteiger partial charge < -0.3 is 10.6 Å². The first-order valence-electron chi connectivity index (χ1n) is 10.9. The predicted molar refractivity (Wildman–Crippen MR) is 117 cm³/mol. The van der Waals surface area contributed by atoms with Crippen LogP contribution in [0.25, 0.3) is 5.69 Å². The first kappa shape index (κ1) is 20.9.